The third-order valence-electron chi connectivity index (χ3n) is 8.96. The number of piperidine rings is 1. The second-order valence-corrected chi connectivity index (χ2v) is 12.2. The first-order valence-corrected chi connectivity index (χ1v) is 14.6. The Bertz CT molecular complexity index is 1050. The summed E-state index contributed by atoms with van der Waals surface area (Å²) in [5, 5.41) is 8.62. The summed E-state index contributed by atoms with van der Waals surface area (Å²) in [5.41, 5.74) is 2.90. The van der Waals surface area contributed by atoms with Gasteiger partial charge >= 0.3 is 0 Å². The lowest BCUT2D eigenvalue weighted by atomic mass is 9.72. The zero-order chi connectivity index (χ0) is 25.8. The SMILES string of the molecule is CNC(=O)C1(CN2CCC(CCc3noc4c(CN(C)C)c(OCC5CC5)ccc34)CC2)CCCCC1. The van der Waals surface area contributed by atoms with E-state index >= 15 is 0 Å². The lowest BCUT2D eigenvalue weighted by Gasteiger charge is -2.42. The van der Waals surface area contributed by atoms with Gasteiger partial charge in [0, 0.05) is 25.5 Å². The smallest absolute Gasteiger partial charge is 0.227 e. The summed E-state index contributed by atoms with van der Waals surface area (Å²) in [5.74, 6) is 2.61. The van der Waals surface area contributed by atoms with Crippen LogP contribution in [0.15, 0.2) is 16.7 Å². The van der Waals surface area contributed by atoms with Crippen molar-refractivity contribution in [2.24, 2.45) is 17.3 Å². The number of aryl methyl sites for hydroxylation is 1. The molecule has 37 heavy (non-hydrogen) atoms. The molecule has 0 unspecified atom stereocenters. The fourth-order valence-corrected chi connectivity index (χ4v) is 6.52. The highest BCUT2D eigenvalue weighted by atomic mass is 16.5. The first-order chi connectivity index (χ1) is 18.0. The largest absolute Gasteiger partial charge is 0.493 e. The monoisotopic (exact) mass is 510 g/mol. The predicted molar refractivity (Wildman–Crippen MR) is 147 cm³/mol. The summed E-state index contributed by atoms with van der Waals surface area (Å²) in [4.78, 5) is 17.5. The summed E-state index contributed by atoms with van der Waals surface area (Å²) in [6, 6.07) is 4.27. The van der Waals surface area contributed by atoms with Gasteiger partial charge < -0.3 is 24.4 Å². The van der Waals surface area contributed by atoms with Gasteiger partial charge in [-0.3, -0.25) is 4.79 Å². The molecule has 0 radical (unpaired) electrons. The highest BCUT2D eigenvalue weighted by molar-refractivity contribution is 5.84. The van der Waals surface area contributed by atoms with Crippen molar-refractivity contribution in [2.75, 3.05) is 47.4 Å². The van der Waals surface area contributed by atoms with Crippen LogP contribution in [0.4, 0.5) is 0 Å². The number of nitrogens with one attached hydrogen (secondary N) is 1. The number of aromatic nitrogens is 1. The van der Waals surface area contributed by atoms with Crippen LogP contribution in [0.25, 0.3) is 11.0 Å². The molecule has 5 rings (SSSR count). The summed E-state index contributed by atoms with van der Waals surface area (Å²) in [6.45, 7) is 4.69. The van der Waals surface area contributed by atoms with Gasteiger partial charge in [-0.05, 0) is 103 Å². The van der Waals surface area contributed by atoms with E-state index in [0.717, 1.165) is 92.4 Å². The molecule has 1 amide bonds. The maximum Gasteiger partial charge on any atom is 0.227 e. The summed E-state index contributed by atoms with van der Waals surface area (Å²) >= 11 is 0. The van der Waals surface area contributed by atoms with Crippen LogP contribution in [0.3, 0.4) is 0 Å². The lowest BCUT2D eigenvalue weighted by Crippen LogP contribution is -2.50. The Morgan fingerprint density at radius 1 is 1.14 bits per heavy atom. The van der Waals surface area contributed by atoms with Gasteiger partial charge in [0.1, 0.15) is 5.75 Å². The second kappa shape index (κ2) is 11.7. The number of carbonyl (C=O) groups excluding carboxylic acids is 1. The zero-order valence-corrected chi connectivity index (χ0v) is 23.2. The summed E-state index contributed by atoms with van der Waals surface area (Å²) in [6.07, 6.45) is 12.8. The topological polar surface area (TPSA) is 70.8 Å². The average molecular weight is 511 g/mol. The molecule has 204 valence electrons. The molecule has 1 aromatic heterocycles. The standard InChI is InChI=1S/C30H46N4O3/c1-31-29(35)30(15-5-4-6-16-30)21-34-17-13-22(14-18-34)9-11-26-24-10-12-27(36-20-23-7-8-23)25(19-33(2)3)28(24)37-32-26/h10,12,22-23H,4-9,11,13-21H2,1-3H3,(H,31,35). The van der Waals surface area contributed by atoms with E-state index in [1.807, 2.05) is 0 Å². The van der Waals surface area contributed by atoms with Crippen molar-refractivity contribution in [3.05, 3.63) is 23.4 Å². The maximum atomic E-state index is 12.8. The highest BCUT2D eigenvalue weighted by Gasteiger charge is 2.40. The Balaban J connectivity index is 1.18. The van der Waals surface area contributed by atoms with Gasteiger partial charge in [-0.25, -0.2) is 0 Å². The number of fused-ring (bicyclic) bond motifs is 1. The van der Waals surface area contributed by atoms with Crippen molar-refractivity contribution in [3.8, 4) is 5.75 Å². The van der Waals surface area contributed by atoms with Crippen LogP contribution in [-0.2, 0) is 17.8 Å². The van der Waals surface area contributed by atoms with Crippen LogP contribution in [0, 0.1) is 17.3 Å². The fourth-order valence-electron chi connectivity index (χ4n) is 6.52. The Kier molecular flexibility index (Phi) is 8.40. The molecule has 0 spiro atoms. The van der Waals surface area contributed by atoms with Crippen molar-refractivity contribution in [1.82, 2.24) is 20.3 Å². The molecule has 2 heterocycles. The predicted octanol–water partition coefficient (Wildman–Crippen LogP) is 5.02. The molecule has 3 fully saturated rings. The van der Waals surface area contributed by atoms with E-state index in [-0.39, 0.29) is 11.3 Å². The van der Waals surface area contributed by atoms with Crippen LogP contribution in [0.2, 0.25) is 0 Å². The van der Waals surface area contributed by atoms with E-state index in [0.29, 0.717) is 5.92 Å². The van der Waals surface area contributed by atoms with Gasteiger partial charge in [-0.15, -0.1) is 0 Å². The highest BCUT2D eigenvalue weighted by Crippen LogP contribution is 2.39. The van der Waals surface area contributed by atoms with Crippen molar-refractivity contribution in [3.63, 3.8) is 0 Å². The Morgan fingerprint density at radius 3 is 2.57 bits per heavy atom. The molecule has 2 aliphatic carbocycles. The van der Waals surface area contributed by atoms with Gasteiger partial charge in [-0.1, -0.05) is 24.4 Å². The zero-order valence-electron chi connectivity index (χ0n) is 23.2. The minimum absolute atomic E-state index is 0.176. The van der Waals surface area contributed by atoms with Crippen molar-refractivity contribution < 1.29 is 14.1 Å². The molecule has 0 atom stereocenters. The third kappa shape index (κ3) is 6.31. The molecule has 1 aromatic carbocycles. The van der Waals surface area contributed by atoms with Crippen LogP contribution in [-0.4, -0.2) is 68.2 Å². The molecule has 2 aromatic rings. The van der Waals surface area contributed by atoms with E-state index in [1.54, 1.807) is 7.05 Å². The van der Waals surface area contributed by atoms with Crippen molar-refractivity contribution in [1.29, 1.82) is 0 Å². The summed E-state index contributed by atoms with van der Waals surface area (Å²) < 4.78 is 12.1. The first-order valence-electron chi connectivity index (χ1n) is 14.6. The van der Waals surface area contributed by atoms with E-state index in [1.165, 1.54) is 44.9 Å². The number of rotatable bonds is 11. The van der Waals surface area contributed by atoms with Crippen molar-refractivity contribution >= 4 is 16.9 Å². The van der Waals surface area contributed by atoms with Gasteiger partial charge in [-0.2, -0.15) is 0 Å². The normalized spacial score (nSPS) is 21.0. The first kappa shape index (κ1) is 26.5. The minimum atomic E-state index is -0.176. The number of carbonyl (C=O) groups is 1. The number of amides is 1. The Hall–Kier alpha value is -2.12. The van der Waals surface area contributed by atoms with Crippen molar-refractivity contribution in [2.45, 2.75) is 77.2 Å². The summed E-state index contributed by atoms with van der Waals surface area (Å²) in [7, 11) is 5.96. The number of nitrogens with zero attached hydrogens (tertiary/aromatic N) is 3. The Morgan fingerprint density at radius 2 is 1.89 bits per heavy atom. The number of benzene rings is 1. The van der Waals surface area contributed by atoms with Crippen LogP contribution in [0.1, 0.15) is 75.5 Å². The molecular weight excluding hydrogens is 464 g/mol. The van der Waals surface area contributed by atoms with Crippen LogP contribution < -0.4 is 10.1 Å². The maximum absolute atomic E-state index is 12.8. The molecule has 0 bridgehead atoms. The van der Waals surface area contributed by atoms with E-state index in [4.69, 9.17) is 9.26 Å². The number of hydrogen-bond acceptors (Lipinski definition) is 6. The number of likely N-dealkylation sites (tertiary alicyclic amines) is 1. The number of hydrogen-bond donors (Lipinski definition) is 1. The molecule has 1 aliphatic heterocycles. The molecule has 2 saturated carbocycles. The molecule has 1 saturated heterocycles. The van der Waals surface area contributed by atoms with Gasteiger partial charge in [0.05, 0.1) is 23.3 Å². The number of ether oxygens (including phenoxy) is 1. The average Bonchev–Trinajstić information content (AvgIpc) is 3.65. The lowest BCUT2D eigenvalue weighted by molar-refractivity contribution is -0.134. The van der Waals surface area contributed by atoms with E-state index < -0.39 is 0 Å². The quantitative estimate of drug-likeness (QED) is 0.458. The molecule has 7 heteroatoms. The molecule has 3 aliphatic rings. The fraction of sp³-hybridized carbons (Fsp3) is 0.733. The van der Waals surface area contributed by atoms with Crippen LogP contribution >= 0.6 is 0 Å². The minimum Gasteiger partial charge on any atom is -0.493 e. The van der Waals surface area contributed by atoms with Gasteiger partial charge in [0.2, 0.25) is 5.91 Å². The van der Waals surface area contributed by atoms with E-state index in [9.17, 15) is 4.79 Å². The third-order valence-corrected chi connectivity index (χ3v) is 8.96. The Labute approximate surface area is 222 Å². The van der Waals surface area contributed by atoms with Gasteiger partial charge in [0.15, 0.2) is 5.58 Å². The van der Waals surface area contributed by atoms with Gasteiger partial charge in [0.25, 0.3) is 0 Å². The second-order valence-electron chi connectivity index (χ2n) is 12.2. The molecule has 1 N–H and O–H groups in total. The molecule has 7 nitrogen and oxygen atoms in total. The van der Waals surface area contributed by atoms with Crippen LogP contribution in [0.5, 0.6) is 5.75 Å². The molecular formula is C30H46N4O3. The van der Waals surface area contributed by atoms with E-state index in [2.05, 4.69) is 46.5 Å².